The summed E-state index contributed by atoms with van der Waals surface area (Å²) >= 11 is 6.17. The number of nitrogens with two attached hydrogens (primary N) is 1. The van der Waals surface area contributed by atoms with Crippen molar-refractivity contribution >= 4 is 40.7 Å². The van der Waals surface area contributed by atoms with Gasteiger partial charge in [-0.2, -0.15) is 0 Å². The topological polar surface area (TPSA) is 105 Å². The molecule has 1 heterocycles. The first kappa shape index (κ1) is 22.6. The molecule has 31 heavy (non-hydrogen) atoms. The van der Waals surface area contributed by atoms with Gasteiger partial charge in [-0.1, -0.05) is 11.6 Å². The summed E-state index contributed by atoms with van der Waals surface area (Å²) in [6, 6.07) is 11.6. The van der Waals surface area contributed by atoms with Crippen molar-refractivity contribution in [1.29, 1.82) is 0 Å². The van der Waals surface area contributed by atoms with Gasteiger partial charge >= 0.3 is 0 Å². The van der Waals surface area contributed by atoms with Gasteiger partial charge in [-0.15, -0.1) is 0 Å². The Morgan fingerprint density at radius 2 is 1.71 bits per heavy atom. The molecule has 1 aliphatic rings. The molecule has 0 aromatic heterocycles. The minimum Gasteiger partial charge on any atom is -0.375 e. The minimum atomic E-state index is -0.531. The summed E-state index contributed by atoms with van der Waals surface area (Å²) in [4.78, 5) is 38.7. The van der Waals surface area contributed by atoms with E-state index in [1.165, 1.54) is 0 Å². The maximum atomic E-state index is 13.3. The third-order valence-electron chi connectivity index (χ3n) is 5.53. The lowest BCUT2D eigenvalue weighted by Crippen LogP contribution is -2.47. The number of rotatable bonds is 6. The van der Waals surface area contributed by atoms with Crippen molar-refractivity contribution in [3.63, 3.8) is 0 Å². The number of piperidine rings is 1. The van der Waals surface area contributed by atoms with E-state index in [-0.39, 0.29) is 30.4 Å². The third-order valence-corrected chi connectivity index (χ3v) is 5.77. The monoisotopic (exact) mass is 442 g/mol. The zero-order valence-corrected chi connectivity index (χ0v) is 18.4. The highest BCUT2D eigenvalue weighted by molar-refractivity contribution is 6.31. The molecule has 0 spiro atoms. The second kappa shape index (κ2) is 9.83. The minimum absolute atomic E-state index is 0.0371. The molecule has 0 saturated carbocycles. The van der Waals surface area contributed by atoms with E-state index in [0.717, 1.165) is 19.3 Å². The Balaban J connectivity index is 1.69. The average Bonchev–Trinajstić information content (AvgIpc) is 2.73. The summed E-state index contributed by atoms with van der Waals surface area (Å²) in [5.74, 6) is -0.913. The predicted octanol–water partition coefficient (Wildman–Crippen LogP) is 3.89. The number of anilines is 2. The molecule has 8 heteroatoms. The number of carbonyl (C=O) groups excluding carboxylic acids is 3. The molecule has 2 atom stereocenters. The van der Waals surface area contributed by atoms with Crippen LogP contribution in [0.15, 0.2) is 42.5 Å². The second-order valence-corrected chi connectivity index (χ2v) is 8.31. The van der Waals surface area contributed by atoms with Crippen LogP contribution in [0.3, 0.4) is 0 Å². The molecule has 7 nitrogen and oxygen atoms in total. The molecule has 1 fully saturated rings. The molecule has 2 aromatic rings. The van der Waals surface area contributed by atoms with E-state index in [0.29, 0.717) is 27.5 Å². The van der Waals surface area contributed by atoms with E-state index in [9.17, 15) is 14.4 Å². The predicted molar refractivity (Wildman–Crippen MR) is 122 cm³/mol. The lowest BCUT2D eigenvalue weighted by molar-refractivity contribution is -0.114. The average molecular weight is 443 g/mol. The van der Waals surface area contributed by atoms with E-state index >= 15 is 0 Å². The maximum Gasteiger partial charge on any atom is 0.256 e. The van der Waals surface area contributed by atoms with Crippen LogP contribution >= 0.6 is 11.6 Å². The van der Waals surface area contributed by atoms with E-state index in [2.05, 4.69) is 24.5 Å². The van der Waals surface area contributed by atoms with Gasteiger partial charge in [0.05, 0.1) is 12.1 Å². The number of likely N-dealkylation sites (tertiary alicyclic amines) is 1. The normalized spacial score (nSPS) is 18.4. The quantitative estimate of drug-likeness (QED) is 0.631. The van der Waals surface area contributed by atoms with Crippen LogP contribution in [0.4, 0.5) is 11.4 Å². The number of halogens is 1. The Bertz CT molecular complexity index is 967. The van der Waals surface area contributed by atoms with Crippen molar-refractivity contribution in [2.24, 2.45) is 5.73 Å². The Kier molecular flexibility index (Phi) is 7.17. The Morgan fingerprint density at radius 1 is 1.06 bits per heavy atom. The summed E-state index contributed by atoms with van der Waals surface area (Å²) in [6.07, 6.45) is 3.04. The summed E-state index contributed by atoms with van der Waals surface area (Å²) in [7, 11) is 0. The van der Waals surface area contributed by atoms with Gasteiger partial charge in [0.15, 0.2) is 0 Å². The fourth-order valence-corrected chi connectivity index (χ4v) is 4.08. The van der Waals surface area contributed by atoms with Crippen molar-refractivity contribution < 1.29 is 14.4 Å². The maximum absolute atomic E-state index is 13.3. The van der Waals surface area contributed by atoms with Gasteiger partial charge in [0.1, 0.15) is 0 Å². The molecule has 0 aliphatic carbocycles. The van der Waals surface area contributed by atoms with Crippen molar-refractivity contribution in [2.75, 3.05) is 17.2 Å². The van der Waals surface area contributed by atoms with Gasteiger partial charge in [-0.05, 0) is 75.6 Å². The van der Waals surface area contributed by atoms with Crippen LogP contribution in [0.2, 0.25) is 5.02 Å². The van der Waals surface area contributed by atoms with Gasteiger partial charge in [-0.3, -0.25) is 14.4 Å². The van der Waals surface area contributed by atoms with Crippen molar-refractivity contribution in [2.45, 2.75) is 45.2 Å². The zero-order valence-electron chi connectivity index (χ0n) is 17.7. The third kappa shape index (κ3) is 5.55. The van der Waals surface area contributed by atoms with E-state index in [1.807, 2.05) is 4.90 Å². The molecule has 0 bridgehead atoms. The highest BCUT2D eigenvalue weighted by atomic mass is 35.5. The van der Waals surface area contributed by atoms with Gasteiger partial charge in [0, 0.05) is 34.0 Å². The first-order valence-corrected chi connectivity index (χ1v) is 10.7. The van der Waals surface area contributed by atoms with Gasteiger partial charge in [0.2, 0.25) is 11.8 Å². The lowest BCUT2D eigenvalue weighted by Gasteiger charge is -2.39. The smallest absolute Gasteiger partial charge is 0.256 e. The molecule has 1 aliphatic heterocycles. The molecule has 0 radical (unpaired) electrons. The molecule has 1 saturated heterocycles. The number of amides is 3. The molecule has 2 unspecified atom stereocenters. The lowest BCUT2D eigenvalue weighted by atomic mass is 9.96. The van der Waals surface area contributed by atoms with Crippen LogP contribution in [-0.4, -0.2) is 41.2 Å². The van der Waals surface area contributed by atoms with Crippen molar-refractivity contribution in [1.82, 2.24) is 4.90 Å². The molecule has 3 rings (SSSR count). The molecular formula is C23H27ClN4O3. The fourth-order valence-electron chi connectivity index (χ4n) is 3.91. The number of nitrogens with zero attached hydrogens (tertiary/aromatic N) is 1. The first-order valence-electron chi connectivity index (χ1n) is 10.3. The van der Waals surface area contributed by atoms with Crippen LogP contribution in [-0.2, 0) is 4.79 Å². The highest BCUT2D eigenvalue weighted by Gasteiger charge is 2.31. The summed E-state index contributed by atoms with van der Waals surface area (Å²) in [6.45, 7) is 4.08. The zero-order chi connectivity index (χ0) is 22.5. The number of hydrogen-bond donors (Lipinski definition) is 3. The van der Waals surface area contributed by atoms with Gasteiger partial charge in [0.25, 0.3) is 5.91 Å². The van der Waals surface area contributed by atoms with Crippen LogP contribution in [0.25, 0.3) is 0 Å². The van der Waals surface area contributed by atoms with Crippen molar-refractivity contribution in [3.8, 4) is 0 Å². The Labute approximate surface area is 186 Å². The standard InChI is InChI=1S/C23H27ClN4O3/c1-14-4-3-5-15(2)28(14)23(31)19-12-17(24)8-11-20(19)26-13-21(29)27-18-9-6-16(7-10-18)22(25)30/h6-12,14-15,26H,3-5,13H2,1-2H3,(H2,25,30)(H,27,29). The number of benzene rings is 2. The van der Waals surface area contributed by atoms with Gasteiger partial charge in [-0.25, -0.2) is 0 Å². The van der Waals surface area contributed by atoms with Crippen molar-refractivity contribution in [3.05, 3.63) is 58.6 Å². The highest BCUT2D eigenvalue weighted by Crippen LogP contribution is 2.28. The molecule has 4 N–H and O–H groups in total. The Morgan fingerprint density at radius 3 is 2.32 bits per heavy atom. The van der Waals surface area contributed by atoms with Crippen LogP contribution in [0.1, 0.15) is 53.8 Å². The molecular weight excluding hydrogens is 416 g/mol. The number of hydrogen-bond acceptors (Lipinski definition) is 4. The number of primary amides is 1. The van der Waals surface area contributed by atoms with Crippen LogP contribution < -0.4 is 16.4 Å². The van der Waals surface area contributed by atoms with Crippen LogP contribution in [0.5, 0.6) is 0 Å². The summed E-state index contributed by atoms with van der Waals surface area (Å²) in [5, 5.41) is 6.25. The number of carbonyl (C=O) groups is 3. The largest absolute Gasteiger partial charge is 0.375 e. The summed E-state index contributed by atoms with van der Waals surface area (Å²) < 4.78 is 0. The molecule has 2 aromatic carbocycles. The summed E-state index contributed by atoms with van der Waals surface area (Å²) in [5.41, 5.74) is 7.13. The second-order valence-electron chi connectivity index (χ2n) is 7.87. The van der Waals surface area contributed by atoms with E-state index in [4.69, 9.17) is 17.3 Å². The first-order chi connectivity index (χ1) is 14.8. The Hall–Kier alpha value is -3.06. The molecule has 3 amide bonds. The van der Waals surface area contributed by atoms with E-state index < -0.39 is 5.91 Å². The SMILES string of the molecule is CC1CCCC(C)N1C(=O)c1cc(Cl)ccc1NCC(=O)Nc1ccc(C(N)=O)cc1. The van der Waals surface area contributed by atoms with Gasteiger partial charge < -0.3 is 21.3 Å². The molecule has 164 valence electrons. The van der Waals surface area contributed by atoms with E-state index in [1.54, 1.807) is 42.5 Å². The van der Waals surface area contributed by atoms with Crippen LogP contribution in [0, 0.1) is 0 Å². The number of nitrogens with one attached hydrogen (secondary N) is 2. The fraction of sp³-hybridized carbons (Fsp3) is 0.348.